The van der Waals surface area contributed by atoms with Crippen molar-refractivity contribution in [3.8, 4) is 5.75 Å². The Labute approximate surface area is 182 Å². The van der Waals surface area contributed by atoms with Crippen molar-refractivity contribution in [1.82, 2.24) is 0 Å². The molecule has 1 unspecified atom stereocenters. The van der Waals surface area contributed by atoms with Gasteiger partial charge in [-0.05, 0) is 79.0 Å². The first-order valence-electron chi connectivity index (χ1n) is 11.8. The fraction of sp³-hybridized carbons (Fsp3) is 0.464. The molecule has 1 atom stereocenters. The molecule has 160 valence electrons. The predicted octanol–water partition coefficient (Wildman–Crippen LogP) is 8.01. The van der Waals surface area contributed by atoms with E-state index in [2.05, 4.69) is 44.2 Å². The highest BCUT2D eigenvalue weighted by molar-refractivity contribution is 5.91. The first-order valence-corrected chi connectivity index (χ1v) is 11.8. The third-order valence-electron chi connectivity index (χ3n) is 6.16. The smallest absolute Gasteiger partial charge is 0.343 e. The van der Waals surface area contributed by atoms with Crippen molar-refractivity contribution in [2.24, 2.45) is 5.92 Å². The number of esters is 1. The van der Waals surface area contributed by atoms with Gasteiger partial charge in [-0.1, -0.05) is 76.3 Å². The Morgan fingerprint density at radius 1 is 0.933 bits per heavy atom. The van der Waals surface area contributed by atoms with Crippen LogP contribution in [-0.4, -0.2) is 5.97 Å². The highest BCUT2D eigenvalue weighted by Crippen LogP contribution is 2.32. The van der Waals surface area contributed by atoms with Crippen molar-refractivity contribution in [3.05, 3.63) is 71.3 Å². The van der Waals surface area contributed by atoms with Gasteiger partial charge in [0.25, 0.3) is 0 Å². The summed E-state index contributed by atoms with van der Waals surface area (Å²) >= 11 is 0. The Kier molecular flexibility index (Phi) is 8.74. The zero-order chi connectivity index (χ0) is 21.2. The van der Waals surface area contributed by atoms with E-state index < -0.39 is 0 Å². The number of carbonyl (C=O) groups excluding carboxylic acids is 1. The average molecular weight is 405 g/mol. The molecule has 1 aliphatic rings. The molecule has 0 radical (unpaired) electrons. The number of unbranched alkanes of at least 4 members (excludes halogenated alkanes) is 3. The van der Waals surface area contributed by atoms with Crippen LogP contribution in [0.5, 0.6) is 5.75 Å². The zero-order valence-corrected chi connectivity index (χ0v) is 18.7. The lowest BCUT2D eigenvalue weighted by molar-refractivity contribution is 0.0734. The van der Waals surface area contributed by atoms with Gasteiger partial charge in [-0.3, -0.25) is 0 Å². The second-order valence-corrected chi connectivity index (χ2v) is 8.58. The Bertz CT molecular complexity index is 815. The van der Waals surface area contributed by atoms with Gasteiger partial charge in [0.2, 0.25) is 0 Å². The van der Waals surface area contributed by atoms with Crippen LogP contribution in [-0.2, 0) is 6.42 Å². The van der Waals surface area contributed by atoms with Crippen molar-refractivity contribution in [1.29, 1.82) is 0 Å². The molecule has 0 fully saturated rings. The van der Waals surface area contributed by atoms with Crippen LogP contribution in [0.3, 0.4) is 0 Å². The summed E-state index contributed by atoms with van der Waals surface area (Å²) in [6, 6.07) is 15.8. The van der Waals surface area contributed by atoms with Crippen LogP contribution >= 0.6 is 0 Å². The first kappa shape index (κ1) is 22.3. The van der Waals surface area contributed by atoms with Crippen LogP contribution < -0.4 is 4.74 Å². The van der Waals surface area contributed by atoms with E-state index in [9.17, 15) is 4.79 Å². The molecule has 0 spiro atoms. The van der Waals surface area contributed by atoms with Gasteiger partial charge in [-0.15, -0.1) is 0 Å². The van der Waals surface area contributed by atoms with E-state index in [1.807, 2.05) is 24.3 Å². The van der Waals surface area contributed by atoms with E-state index in [-0.39, 0.29) is 5.97 Å². The molecule has 2 nitrogen and oxygen atoms in total. The number of benzene rings is 2. The Hall–Kier alpha value is -2.35. The van der Waals surface area contributed by atoms with Gasteiger partial charge in [0.15, 0.2) is 0 Å². The van der Waals surface area contributed by atoms with E-state index in [0.717, 1.165) is 18.8 Å². The third kappa shape index (κ3) is 6.58. The van der Waals surface area contributed by atoms with Gasteiger partial charge >= 0.3 is 5.97 Å². The van der Waals surface area contributed by atoms with E-state index in [1.165, 1.54) is 68.1 Å². The lowest BCUT2D eigenvalue weighted by atomic mass is 9.84. The van der Waals surface area contributed by atoms with Crippen molar-refractivity contribution < 1.29 is 9.53 Å². The summed E-state index contributed by atoms with van der Waals surface area (Å²) < 4.78 is 5.57. The third-order valence-corrected chi connectivity index (χ3v) is 6.16. The van der Waals surface area contributed by atoms with Crippen molar-refractivity contribution in [3.63, 3.8) is 0 Å². The van der Waals surface area contributed by atoms with Crippen LogP contribution in [0.4, 0.5) is 0 Å². The molecule has 0 saturated carbocycles. The minimum atomic E-state index is -0.294. The van der Waals surface area contributed by atoms with Crippen LogP contribution in [0, 0.1) is 5.92 Å². The summed E-state index contributed by atoms with van der Waals surface area (Å²) in [6.45, 7) is 4.49. The molecule has 0 aromatic heterocycles. The summed E-state index contributed by atoms with van der Waals surface area (Å²) in [6.07, 6.45) is 14.7. The topological polar surface area (TPSA) is 26.3 Å². The lowest BCUT2D eigenvalue weighted by Crippen LogP contribution is -2.09. The molecule has 0 heterocycles. The van der Waals surface area contributed by atoms with Crippen LogP contribution in [0.25, 0.3) is 5.57 Å². The number of hydrogen-bond acceptors (Lipinski definition) is 2. The molecule has 2 aromatic rings. The van der Waals surface area contributed by atoms with Gasteiger partial charge in [0, 0.05) is 0 Å². The predicted molar refractivity (Wildman–Crippen MR) is 126 cm³/mol. The minimum Gasteiger partial charge on any atom is -0.423 e. The molecule has 0 amide bonds. The van der Waals surface area contributed by atoms with Crippen molar-refractivity contribution in [2.45, 2.75) is 78.1 Å². The zero-order valence-electron chi connectivity index (χ0n) is 18.7. The number of ether oxygens (including phenoxy) is 1. The first-order chi connectivity index (χ1) is 14.7. The largest absolute Gasteiger partial charge is 0.423 e. The highest BCUT2D eigenvalue weighted by Gasteiger charge is 2.15. The fourth-order valence-electron chi connectivity index (χ4n) is 4.29. The second-order valence-electron chi connectivity index (χ2n) is 8.58. The van der Waals surface area contributed by atoms with Gasteiger partial charge in [0.05, 0.1) is 5.56 Å². The Balaban J connectivity index is 1.52. The van der Waals surface area contributed by atoms with Gasteiger partial charge in [0.1, 0.15) is 5.75 Å². The number of rotatable bonds is 10. The lowest BCUT2D eigenvalue weighted by Gasteiger charge is -2.21. The number of hydrogen-bond donors (Lipinski definition) is 0. The standard InChI is InChI=1S/C28H36O2/c1-3-5-6-7-9-23-12-20-27(21-13-23)30-28(29)26-18-16-25(17-19-26)24-14-10-22(8-4-2)11-15-24/h12-14,16-22H,3-11,15H2,1-2H3. The van der Waals surface area contributed by atoms with Gasteiger partial charge in [-0.25, -0.2) is 4.79 Å². The van der Waals surface area contributed by atoms with Crippen molar-refractivity contribution in [2.75, 3.05) is 0 Å². The summed E-state index contributed by atoms with van der Waals surface area (Å²) in [7, 11) is 0. The Morgan fingerprint density at radius 2 is 1.70 bits per heavy atom. The monoisotopic (exact) mass is 404 g/mol. The van der Waals surface area contributed by atoms with E-state index in [4.69, 9.17) is 4.74 Å². The molecule has 0 bridgehead atoms. The minimum absolute atomic E-state index is 0.294. The Morgan fingerprint density at radius 3 is 2.33 bits per heavy atom. The molecule has 2 aromatic carbocycles. The van der Waals surface area contributed by atoms with E-state index >= 15 is 0 Å². The van der Waals surface area contributed by atoms with E-state index in [1.54, 1.807) is 0 Å². The molecule has 0 saturated heterocycles. The summed E-state index contributed by atoms with van der Waals surface area (Å²) in [4.78, 5) is 12.5. The van der Waals surface area contributed by atoms with Gasteiger partial charge < -0.3 is 4.74 Å². The molecule has 2 heteroatoms. The molecule has 0 N–H and O–H groups in total. The quantitative estimate of drug-likeness (QED) is 0.228. The normalized spacial score (nSPS) is 16.2. The summed E-state index contributed by atoms with van der Waals surface area (Å²) in [5, 5.41) is 0. The molecular weight excluding hydrogens is 368 g/mol. The number of allylic oxidation sites excluding steroid dienone is 2. The molecule has 30 heavy (non-hydrogen) atoms. The van der Waals surface area contributed by atoms with Gasteiger partial charge in [-0.2, -0.15) is 0 Å². The van der Waals surface area contributed by atoms with Crippen LogP contribution in [0.2, 0.25) is 0 Å². The van der Waals surface area contributed by atoms with Crippen molar-refractivity contribution >= 4 is 11.5 Å². The molecule has 3 rings (SSSR count). The maximum Gasteiger partial charge on any atom is 0.343 e. The number of aryl methyl sites for hydroxylation is 1. The second kappa shape index (κ2) is 11.7. The summed E-state index contributed by atoms with van der Waals surface area (Å²) in [5.41, 5.74) is 4.55. The van der Waals surface area contributed by atoms with Crippen LogP contribution in [0.1, 0.15) is 93.1 Å². The number of carbonyl (C=O) groups is 1. The molecule has 0 aliphatic heterocycles. The van der Waals surface area contributed by atoms with E-state index in [0.29, 0.717) is 11.3 Å². The molecule has 1 aliphatic carbocycles. The fourth-order valence-corrected chi connectivity index (χ4v) is 4.29. The maximum atomic E-state index is 12.5. The highest BCUT2D eigenvalue weighted by atomic mass is 16.5. The maximum absolute atomic E-state index is 12.5. The van der Waals surface area contributed by atoms with Crippen LogP contribution in [0.15, 0.2) is 54.6 Å². The SMILES string of the molecule is CCCCCCc1ccc(OC(=O)c2ccc(C3=CCC(CCC)CC3)cc2)cc1. The molecular formula is C28H36O2. The summed E-state index contributed by atoms with van der Waals surface area (Å²) in [5.74, 6) is 1.16. The average Bonchev–Trinajstić information content (AvgIpc) is 2.79.